The smallest absolute Gasteiger partial charge is 0.289 e. The van der Waals surface area contributed by atoms with Gasteiger partial charge in [-0.05, 0) is 54.0 Å². The average Bonchev–Trinajstić information content (AvgIpc) is 3.27. The summed E-state index contributed by atoms with van der Waals surface area (Å²) in [5.41, 5.74) is 2.88. The zero-order valence-corrected chi connectivity index (χ0v) is 16.4. The molecule has 0 saturated carbocycles. The van der Waals surface area contributed by atoms with Gasteiger partial charge in [-0.2, -0.15) is 0 Å². The van der Waals surface area contributed by atoms with Crippen LogP contribution in [0, 0.1) is 0 Å². The Morgan fingerprint density at radius 3 is 1.93 bits per heavy atom. The van der Waals surface area contributed by atoms with E-state index in [2.05, 4.69) is 19.1 Å². The molecule has 0 heterocycles. The first-order valence-electron chi connectivity index (χ1n) is 10.1. The van der Waals surface area contributed by atoms with Crippen molar-refractivity contribution in [1.29, 1.82) is 0 Å². The van der Waals surface area contributed by atoms with E-state index in [1.54, 1.807) is 12.2 Å². The van der Waals surface area contributed by atoms with E-state index < -0.39 is 0 Å². The molecule has 0 fully saturated rings. The maximum Gasteiger partial charge on any atom is 0.289 e. The molecule has 0 aliphatic heterocycles. The summed E-state index contributed by atoms with van der Waals surface area (Å²) in [6.07, 6.45) is 13.5. The number of hydrogen-bond acceptors (Lipinski definition) is 3. The maximum absolute atomic E-state index is 9.99. The zero-order valence-electron chi connectivity index (χ0n) is 16.4. The van der Waals surface area contributed by atoms with Gasteiger partial charge in [-0.1, -0.05) is 69.0 Å². The molecule has 1 aliphatic carbocycles. The van der Waals surface area contributed by atoms with E-state index in [0.717, 1.165) is 29.9 Å². The molecule has 0 aromatic heterocycles. The number of hydrogen-bond donors (Lipinski definition) is 1. The Balaban J connectivity index is 1.52. The van der Waals surface area contributed by atoms with E-state index >= 15 is 0 Å². The van der Waals surface area contributed by atoms with Crippen molar-refractivity contribution in [3.05, 3.63) is 84.4 Å². The summed E-state index contributed by atoms with van der Waals surface area (Å²) in [5.74, 6) is 1.42. The van der Waals surface area contributed by atoms with Crippen molar-refractivity contribution in [1.82, 2.24) is 0 Å². The molecule has 0 saturated heterocycles. The van der Waals surface area contributed by atoms with Crippen LogP contribution in [-0.2, 0) is 0 Å². The molecule has 0 bridgehead atoms. The first-order chi connectivity index (χ1) is 13.8. The Kier molecular flexibility index (Phi) is 7.36. The molecule has 0 atom stereocenters. The average molecular weight is 376 g/mol. The van der Waals surface area contributed by atoms with Crippen LogP contribution in [0.1, 0.15) is 39.0 Å². The SMILES string of the molecule is CCCCCCCOc1ccc(-c2ccc(OC(O)=C3C=CC=C3)cc2)cc1. The quantitative estimate of drug-likeness (QED) is 0.359. The highest BCUT2D eigenvalue weighted by molar-refractivity contribution is 5.65. The van der Waals surface area contributed by atoms with Crippen molar-refractivity contribution in [3.8, 4) is 22.6 Å². The van der Waals surface area contributed by atoms with Crippen molar-refractivity contribution >= 4 is 0 Å². The standard InChI is InChI=1S/C25H28O3/c1-2-3-4-5-8-19-27-23-15-11-20(12-16-23)21-13-17-24(18-14-21)28-25(26)22-9-6-7-10-22/h6-7,9-18,26H,2-5,8,19H2,1H3. The Morgan fingerprint density at radius 2 is 1.32 bits per heavy atom. The molecule has 146 valence electrons. The van der Waals surface area contributed by atoms with Crippen molar-refractivity contribution in [2.24, 2.45) is 0 Å². The Labute approximate surface area is 167 Å². The topological polar surface area (TPSA) is 38.7 Å². The summed E-state index contributed by atoms with van der Waals surface area (Å²) in [4.78, 5) is 0. The lowest BCUT2D eigenvalue weighted by molar-refractivity contribution is 0.206. The maximum atomic E-state index is 9.99. The van der Waals surface area contributed by atoms with Crippen LogP contribution in [0.15, 0.2) is 84.4 Å². The van der Waals surface area contributed by atoms with Gasteiger partial charge < -0.3 is 14.6 Å². The molecule has 2 aromatic rings. The monoisotopic (exact) mass is 376 g/mol. The summed E-state index contributed by atoms with van der Waals surface area (Å²) in [6.45, 7) is 3.00. The van der Waals surface area contributed by atoms with Crippen LogP contribution in [-0.4, -0.2) is 11.7 Å². The van der Waals surface area contributed by atoms with Crippen molar-refractivity contribution in [2.75, 3.05) is 6.61 Å². The lowest BCUT2D eigenvalue weighted by atomic mass is 10.1. The minimum Gasteiger partial charge on any atom is -0.494 e. The van der Waals surface area contributed by atoms with E-state index in [1.165, 1.54) is 25.7 Å². The summed E-state index contributed by atoms with van der Waals surface area (Å²) in [7, 11) is 0. The minimum atomic E-state index is -0.0889. The number of ether oxygens (including phenoxy) is 2. The first kappa shape index (κ1) is 19.8. The third kappa shape index (κ3) is 5.78. The highest BCUT2D eigenvalue weighted by Crippen LogP contribution is 2.26. The zero-order chi connectivity index (χ0) is 19.6. The lowest BCUT2D eigenvalue weighted by Gasteiger charge is -2.09. The number of unbranched alkanes of at least 4 members (excludes halogenated alkanes) is 4. The van der Waals surface area contributed by atoms with Gasteiger partial charge in [-0.25, -0.2) is 0 Å². The van der Waals surface area contributed by atoms with Crippen LogP contribution in [0.3, 0.4) is 0 Å². The minimum absolute atomic E-state index is 0.0889. The molecule has 2 aromatic carbocycles. The molecule has 0 amide bonds. The molecule has 28 heavy (non-hydrogen) atoms. The molecule has 1 N–H and O–H groups in total. The number of aliphatic hydroxyl groups excluding tert-OH is 1. The summed E-state index contributed by atoms with van der Waals surface area (Å²) in [6, 6.07) is 15.8. The molecule has 0 radical (unpaired) electrons. The number of aliphatic hydroxyl groups is 1. The van der Waals surface area contributed by atoms with Gasteiger partial charge in [0.2, 0.25) is 0 Å². The Bertz CT molecular complexity index is 813. The summed E-state index contributed by atoms with van der Waals surface area (Å²) < 4.78 is 11.3. The largest absolute Gasteiger partial charge is 0.494 e. The fraction of sp³-hybridized carbons (Fsp3) is 0.280. The number of rotatable bonds is 10. The lowest BCUT2D eigenvalue weighted by Crippen LogP contribution is -1.97. The van der Waals surface area contributed by atoms with Gasteiger partial charge in [0.05, 0.1) is 12.2 Å². The molecule has 1 aliphatic rings. The van der Waals surface area contributed by atoms with Gasteiger partial charge in [-0.15, -0.1) is 0 Å². The third-order valence-corrected chi connectivity index (χ3v) is 4.68. The fourth-order valence-electron chi connectivity index (χ4n) is 3.04. The van der Waals surface area contributed by atoms with Crippen LogP contribution in [0.5, 0.6) is 11.5 Å². The number of allylic oxidation sites excluding steroid dienone is 5. The van der Waals surface area contributed by atoms with Crippen LogP contribution < -0.4 is 9.47 Å². The van der Waals surface area contributed by atoms with E-state index in [9.17, 15) is 5.11 Å². The van der Waals surface area contributed by atoms with Crippen molar-refractivity contribution < 1.29 is 14.6 Å². The predicted molar refractivity (Wildman–Crippen MR) is 115 cm³/mol. The van der Waals surface area contributed by atoms with E-state index in [4.69, 9.17) is 9.47 Å². The van der Waals surface area contributed by atoms with Gasteiger partial charge >= 0.3 is 0 Å². The molecule has 0 unspecified atom stereocenters. The fourth-order valence-corrected chi connectivity index (χ4v) is 3.04. The van der Waals surface area contributed by atoms with Gasteiger partial charge in [0.1, 0.15) is 11.5 Å². The van der Waals surface area contributed by atoms with Gasteiger partial charge in [-0.3, -0.25) is 0 Å². The van der Waals surface area contributed by atoms with Gasteiger partial charge in [0.25, 0.3) is 5.95 Å². The van der Waals surface area contributed by atoms with Crippen molar-refractivity contribution in [2.45, 2.75) is 39.0 Å². The number of benzene rings is 2. The van der Waals surface area contributed by atoms with Crippen LogP contribution in [0.2, 0.25) is 0 Å². The molecule has 3 heteroatoms. The predicted octanol–water partition coefficient (Wildman–Crippen LogP) is 6.98. The molecule has 3 nitrogen and oxygen atoms in total. The van der Waals surface area contributed by atoms with E-state index in [-0.39, 0.29) is 5.95 Å². The second kappa shape index (κ2) is 10.4. The second-order valence-corrected chi connectivity index (χ2v) is 6.89. The Morgan fingerprint density at radius 1 is 0.750 bits per heavy atom. The molecular formula is C25H28O3. The van der Waals surface area contributed by atoms with E-state index in [0.29, 0.717) is 11.3 Å². The van der Waals surface area contributed by atoms with Crippen molar-refractivity contribution in [3.63, 3.8) is 0 Å². The van der Waals surface area contributed by atoms with Gasteiger partial charge in [0.15, 0.2) is 0 Å². The summed E-state index contributed by atoms with van der Waals surface area (Å²) in [5, 5.41) is 9.99. The second-order valence-electron chi connectivity index (χ2n) is 6.89. The van der Waals surface area contributed by atoms with Crippen LogP contribution >= 0.6 is 0 Å². The highest BCUT2D eigenvalue weighted by Gasteiger charge is 2.06. The van der Waals surface area contributed by atoms with Crippen LogP contribution in [0.4, 0.5) is 0 Å². The molecule has 0 spiro atoms. The third-order valence-electron chi connectivity index (χ3n) is 4.68. The van der Waals surface area contributed by atoms with Gasteiger partial charge in [0, 0.05) is 0 Å². The Hall–Kier alpha value is -2.94. The molecular weight excluding hydrogens is 348 g/mol. The van der Waals surface area contributed by atoms with E-state index in [1.807, 2.05) is 48.6 Å². The normalized spacial score (nSPS) is 12.4. The summed E-state index contributed by atoms with van der Waals surface area (Å²) >= 11 is 0. The van der Waals surface area contributed by atoms with Crippen LogP contribution in [0.25, 0.3) is 11.1 Å². The first-order valence-corrected chi connectivity index (χ1v) is 10.1. The highest BCUT2D eigenvalue weighted by atomic mass is 16.6. The molecule has 3 rings (SSSR count).